The number of amides is 1. The van der Waals surface area contributed by atoms with Gasteiger partial charge in [-0.05, 0) is 75.1 Å². The predicted molar refractivity (Wildman–Crippen MR) is 123 cm³/mol. The molecule has 4 rings (SSSR count). The molecule has 2 aliphatic heterocycles. The number of piperidine rings is 2. The Bertz CT molecular complexity index is 768. The number of hydrogen-bond donors (Lipinski definition) is 0. The third kappa shape index (κ3) is 5.95. The molecule has 1 atom stereocenters. The Balaban J connectivity index is 1.19. The number of carbonyl (C=O) groups is 1. The highest BCUT2D eigenvalue weighted by molar-refractivity contribution is 5.79. The molecule has 3 nitrogen and oxygen atoms in total. The van der Waals surface area contributed by atoms with E-state index in [4.69, 9.17) is 0 Å². The molecule has 2 saturated heterocycles. The van der Waals surface area contributed by atoms with E-state index in [-0.39, 0.29) is 5.92 Å². The van der Waals surface area contributed by atoms with Crippen LogP contribution in [0.4, 0.5) is 0 Å². The van der Waals surface area contributed by atoms with E-state index in [1.54, 1.807) is 0 Å². The number of rotatable bonds is 7. The molecule has 2 aromatic rings. The summed E-state index contributed by atoms with van der Waals surface area (Å²) in [7, 11) is 0. The average Bonchev–Trinajstić information content (AvgIpc) is 2.81. The summed E-state index contributed by atoms with van der Waals surface area (Å²) in [6.07, 6.45) is 7.98. The lowest BCUT2D eigenvalue weighted by Crippen LogP contribution is -2.47. The van der Waals surface area contributed by atoms with Crippen LogP contribution in [0, 0.1) is 11.8 Å². The number of carbonyl (C=O) groups excluding carboxylic acids is 1. The quantitative estimate of drug-likeness (QED) is 0.661. The smallest absolute Gasteiger partial charge is 0.226 e. The fourth-order valence-corrected chi connectivity index (χ4v) is 5.17. The Labute approximate surface area is 182 Å². The lowest BCUT2D eigenvalue weighted by atomic mass is 9.89. The summed E-state index contributed by atoms with van der Waals surface area (Å²) in [6.45, 7) is 5.11. The minimum atomic E-state index is 0.209. The molecule has 0 unspecified atom stereocenters. The summed E-state index contributed by atoms with van der Waals surface area (Å²) in [5.74, 6) is 1.35. The van der Waals surface area contributed by atoms with Gasteiger partial charge >= 0.3 is 0 Å². The van der Waals surface area contributed by atoms with E-state index >= 15 is 0 Å². The van der Waals surface area contributed by atoms with Crippen LogP contribution in [0.1, 0.15) is 43.2 Å². The van der Waals surface area contributed by atoms with E-state index in [1.807, 2.05) is 0 Å². The first kappa shape index (κ1) is 21.1. The fourth-order valence-electron chi connectivity index (χ4n) is 5.17. The highest BCUT2D eigenvalue weighted by Crippen LogP contribution is 2.25. The van der Waals surface area contributed by atoms with Crippen LogP contribution in [0.3, 0.4) is 0 Å². The first-order valence-corrected chi connectivity index (χ1v) is 11.9. The maximum atomic E-state index is 13.2. The van der Waals surface area contributed by atoms with Crippen LogP contribution in [0.25, 0.3) is 0 Å². The first-order valence-electron chi connectivity index (χ1n) is 11.9. The summed E-state index contributed by atoms with van der Waals surface area (Å²) in [5, 5.41) is 0. The maximum Gasteiger partial charge on any atom is 0.226 e. The topological polar surface area (TPSA) is 23.6 Å². The van der Waals surface area contributed by atoms with Gasteiger partial charge in [-0.2, -0.15) is 0 Å². The molecular weight excluding hydrogens is 368 g/mol. The van der Waals surface area contributed by atoms with Gasteiger partial charge in [0.15, 0.2) is 0 Å². The second-order valence-electron chi connectivity index (χ2n) is 9.19. The van der Waals surface area contributed by atoms with Crippen LogP contribution < -0.4 is 0 Å². The van der Waals surface area contributed by atoms with Crippen molar-refractivity contribution in [2.75, 3.05) is 32.7 Å². The number of nitrogens with zero attached hydrogens (tertiary/aromatic N) is 2. The van der Waals surface area contributed by atoms with E-state index in [1.165, 1.54) is 17.5 Å². The SMILES string of the molecule is O=C([C@H]1CCCN(CCCc2ccccc2)C1)N1CCC(Cc2ccccc2)CC1. The maximum absolute atomic E-state index is 13.2. The van der Waals surface area contributed by atoms with Crippen molar-refractivity contribution in [3.63, 3.8) is 0 Å². The molecule has 2 heterocycles. The molecule has 0 N–H and O–H groups in total. The molecular formula is C27H36N2O. The van der Waals surface area contributed by atoms with Crippen LogP contribution in [0.2, 0.25) is 0 Å². The molecule has 2 fully saturated rings. The normalized spacial score (nSPS) is 20.9. The third-order valence-corrected chi connectivity index (χ3v) is 6.93. The minimum absolute atomic E-state index is 0.209. The average molecular weight is 405 g/mol. The molecule has 1 amide bonds. The van der Waals surface area contributed by atoms with Gasteiger partial charge in [-0.3, -0.25) is 4.79 Å². The lowest BCUT2D eigenvalue weighted by molar-refractivity contribution is -0.138. The highest BCUT2D eigenvalue weighted by atomic mass is 16.2. The molecule has 30 heavy (non-hydrogen) atoms. The summed E-state index contributed by atoms with van der Waals surface area (Å²) >= 11 is 0. The van der Waals surface area contributed by atoms with Crippen molar-refractivity contribution in [2.45, 2.75) is 44.9 Å². The Kier molecular flexibility index (Phi) is 7.58. The molecule has 0 saturated carbocycles. The Morgan fingerprint density at radius 2 is 1.50 bits per heavy atom. The second kappa shape index (κ2) is 10.8. The zero-order chi connectivity index (χ0) is 20.6. The van der Waals surface area contributed by atoms with Crippen molar-refractivity contribution < 1.29 is 4.79 Å². The van der Waals surface area contributed by atoms with Gasteiger partial charge in [-0.25, -0.2) is 0 Å². The lowest BCUT2D eigenvalue weighted by Gasteiger charge is -2.38. The van der Waals surface area contributed by atoms with Crippen molar-refractivity contribution in [3.05, 3.63) is 71.8 Å². The van der Waals surface area contributed by atoms with Crippen LogP contribution in [-0.4, -0.2) is 48.4 Å². The van der Waals surface area contributed by atoms with Crippen molar-refractivity contribution >= 4 is 5.91 Å². The van der Waals surface area contributed by atoms with E-state index in [0.717, 1.165) is 77.2 Å². The Morgan fingerprint density at radius 1 is 0.833 bits per heavy atom. The number of likely N-dealkylation sites (tertiary alicyclic amines) is 2. The van der Waals surface area contributed by atoms with E-state index in [2.05, 4.69) is 70.5 Å². The zero-order valence-electron chi connectivity index (χ0n) is 18.2. The second-order valence-corrected chi connectivity index (χ2v) is 9.19. The summed E-state index contributed by atoms with van der Waals surface area (Å²) in [6, 6.07) is 21.5. The molecule has 0 aliphatic carbocycles. The number of hydrogen-bond acceptors (Lipinski definition) is 2. The van der Waals surface area contributed by atoms with E-state index in [0.29, 0.717) is 5.91 Å². The molecule has 160 valence electrons. The van der Waals surface area contributed by atoms with E-state index in [9.17, 15) is 4.79 Å². The third-order valence-electron chi connectivity index (χ3n) is 6.93. The largest absolute Gasteiger partial charge is 0.342 e. The van der Waals surface area contributed by atoms with Crippen molar-refractivity contribution in [3.8, 4) is 0 Å². The van der Waals surface area contributed by atoms with Gasteiger partial charge in [-0.15, -0.1) is 0 Å². The molecule has 3 heteroatoms. The first-order chi connectivity index (χ1) is 14.8. The zero-order valence-corrected chi connectivity index (χ0v) is 18.2. The van der Waals surface area contributed by atoms with Crippen molar-refractivity contribution in [1.29, 1.82) is 0 Å². The molecule has 0 bridgehead atoms. The standard InChI is InChI=1S/C27H36N2O/c30-27(29-19-15-25(16-20-29)21-24-11-5-2-6-12-24)26-14-8-18-28(22-26)17-7-13-23-9-3-1-4-10-23/h1-6,9-12,25-26H,7-8,13-22H2/t26-/m0/s1. The van der Waals surface area contributed by atoms with Gasteiger partial charge in [0.1, 0.15) is 0 Å². The van der Waals surface area contributed by atoms with Gasteiger partial charge in [-0.1, -0.05) is 60.7 Å². The van der Waals surface area contributed by atoms with Gasteiger partial charge in [0.05, 0.1) is 5.92 Å². The molecule has 0 spiro atoms. The van der Waals surface area contributed by atoms with Gasteiger partial charge < -0.3 is 9.80 Å². The Hall–Kier alpha value is -2.13. The summed E-state index contributed by atoms with van der Waals surface area (Å²) < 4.78 is 0. The fraction of sp³-hybridized carbons (Fsp3) is 0.519. The summed E-state index contributed by atoms with van der Waals surface area (Å²) in [4.78, 5) is 17.8. The number of benzene rings is 2. The van der Waals surface area contributed by atoms with Gasteiger partial charge in [0.25, 0.3) is 0 Å². The van der Waals surface area contributed by atoms with Gasteiger partial charge in [0.2, 0.25) is 5.91 Å². The summed E-state index contributed by atoms with van der Waals surface area (Å²) in [5.41, 5.74) is 2.85. The minimum Gasteiger partial charge on any atom is -0.342 e. The Morgan fingerprint density at radius 3 is 2.20 bits per heavy atom. The molecule has 0 radical (unpaired) electrons. The predicted octanol–water partition coefficient (Wildman–Crippen LogP) is 4.81. The van der Waals surface area contributed by atoms with Crippen molar-refractivity contribution in [2.24, 2.45) is 11.8 Å². The van der Waals surface area contributed by atoms with E-state index < -0.39 is 0 Å². The van der Waals surface area contributed by atoms with Crippen LogP contribution >= 0.6 is 0 Å². The van der Waals surface area contributed by atoms with Crippen molar-refractivity contribution in [1.82, 2.24) is 9.80 Å². The monoisotopic (exact) mass is 404 g/mol. The van der Waals surface area contributed by atoms with Crippen LogP contribution in [0.5, 0.6) is 0 Å². The van der Waals surface area contributed by atoms with Gasteiger partial charge in [0, 0.05) is 19.6 Å². The van der Waals surface area contributed by atoms with Crippen LogP contribution in [-0.2, 0) is 17.6 Å². The highest BCUT2D eigenvalue weighted by Gasteiger charge is 2.31. The molecule has 0 aromatic heterocycles. The molecule has 2 aromatic carbocycles. The molecule has 2 aliphatic rings. The number of aryl methyl sites for hydroxylation is 1. The van der Waals surface area contributed by atoms with Crippen LogP contribution in [0.15, 0.2) is 60.7 Å².